The van der Waals surface area contributed by atoms with Gasteiger partial charge in [0.25, 0.3) is 0 Å². The molecular weight excluding hydrogens is 432 g/mol. The zero-order valence-corrected chi connectivity index (χ0v) is 21.8. The summed E-state index contributed by atoms with van der Waals surface area (Å²) < 4.78 is 11.8. The third-order valence-corrected chi connectivity index (χ3v) is 6.45. The van der Waals surface area contributed by atoms with Gasteiger partial charge in [0, 0.05) is 18.0 Å². The largest absolute Gasteiger partial charge is 0.493 e. The third kappa shape index (κ3) is 9.71. The topological polar surface area (TPSA) is 44.2 Å². The number of aryl methyl sites for hydroxylation is 1. The Bertz CT molecular complexity index is 953. The monoisotopic (exact) mass is 474 g/mol. The van der Waals surface area contributed by atoms with Crippen molar-refractivity contribution in [2.75, 3.05) is 6.61 Å². The lowest BCUT2D eigenvalue weighted by Gasteiger charge is -2.12. The van der Waals surface area contributed by atoms with Crippen molar-refractivity contribution >= 4 is 0 Å². The van der Waals surface area contributed by atoms with Crippen molar-refractivity contribution in [1.82, 2.24) is 9.97 Å². The predicted molar refractivity (Wildman–Crippen MR) is 145 cm³/mol. The molecule has 0 aliphatic heterocycles. The van der Waals surface area contributed by atoms with Crippen LogP contribution in [0, 0.1) is 5.92 Å². The molecule has 2 aromatic carbocycles. The first-order valence-electron chi connectivity index (χ1n) is 13.4. The zero-order chi connectivity index (χ0) is 24.7. The molecule has 0 bridgehead atoms. The summed E-state index contributed by atoms with van der Waals surface area (Å²) in [5.74, 6) is 3.07. The molecule has 4 nitrogen and oxygen atoms in total. The van der Waals surface area contributed by atoms with Crippen LogP contribution in [0.2, 0.25) is 0 Å². The van der Waals surface area contributed by atoms with Crippen LogP contribution in [0.25, 0.3) is 11.4 Å². The highest BCUT2D eigenvalue weighted by Gasteiger charge is 2.04. The first-order valence-corrected chi connectivity index (χ1v) is 13.4. The zero-order valence-electron chi connectivity index (χ0n) is 21.8. The van der Waals surface area contributed by atoms with Crippen LogP contribution in [0.4, 0.5) is 0 Å². The van der Waals surface area contributed by atoms with Crippen molar-refractivity contribution in [1.29, 1.82) is 0 Å². The maximum Gasteiger partial charge on any atom is 0.159 e. The summed E-state index contributed by atoms with van der Waals surface area (Å²) in [4.78, 5) is 9.17. The Labute approximate surface area is 212 Å². The molecule has 0 spiro atoms. The molecule has 1 atom stereocenters. The number of benzene rings is 2. The normalized spacial score (nSPS) is 11.9. The minimum atomic E-state index is 0.523. The molecule has 35 heavy (non-hydrogen) atoms. The van der Waals surface area contributed by atoms with Gasteiger partial charge in [-0.1, -0.05) is 77.8 Å². The fourth-order valence-electron chi connectivity index (χ4n) is 3.82. The molecule has 0 fully saturated rings. The van der Waals surface area contributed by atoms with Crippen molar-refractivity contribution < 1.29 is 9.47 Å². The molecule has 0 N–H and O–H groups in total. The van der Waals surface area contributed by atoms with Crippen LogP contribution in [0.1, 0.15) is 83.3 Å². The van der Waals surface area contributed by atoms with E-state index in [1.54, 1.807) is 0 Å². The molecule has 0 amide bonds. The Kier molecular flexibility index (Phi) is 11.6. The van der Waals surface area contributed by atoms with E-state index >= 15 is 0 Å². The van der Waals surface area contributed by atoms with Crippen LogP contribution in [0.15, 0.2) is 60.9 Å². The molecule has 0 saturated carbocycles. The minimum absolute atomic E-state index is 0.523. The number of ether oxygens (including phenoxy) is 2. The Hall–Kier alpha value is -2.88. The van der Waals surface area contributed by atoms with Crippen molar-refractivity contribution in [3.8, 4) is 22.9 Å². The van der Waals surface area contributed by atoms with Crippen LogP contribution in [0.3, 0.4) is 0 Å². The molecule has 0 aliphatic carbocycles. The van der Waals surface area contributed by atoms with Crippen LogP contribution in [0.5, 0.6) is 11.5 Å². The van der Waals surface area contributed by atoms with Gasteiger partial charge in [0.05, 0.1) is 6.61 Å². The van der Waals surface area contributed by atoms with Crippen LogP contribution >= 0.6 is 0 Å². The Morgan fingerprint density at radius 1 is 0.686 bits per heavy atom. The first kappa shape index (κ1) is 26.7. The van der Waals surface area contributed by atoms with Crippen LogP contribution in [-0.2, 0) is 13.0 Å². The van der Waals surface area contributed by atoms with Gasteiger partial charge in [-0.2, -0.15) is 0 Å². The number of unbranched alkanes of at least 4 members (excludes halogenated alkanes) is 6. The van der Waals surface area contributed by atoms with Gasteiger partial charge < -0.3 is 9.47 Å². The SMILES string of the molecule is CCCCCCCCCc1cnc(-c2ccc(OCc3ccc(OCC(C)CC)cc3)cc2)nc1. The molecule has 1 unspecified atom stereocenters. The smallest absolute Gasteiger partial charge is 0.159 e. The highest BCUT2D eigenvalue weighted by Crippen LogP contribution is 2.21. The first-order chi connectivity index (χ1) is 17.2. The summed E-state index contributed by atoms with van der Waals surface area (Å²) in [6, 6.07) is 16.1. The summed E-state index contributed by atoms with van der Waals surface area (Å²) in [5.41, 5.74) is 3.34. The van der Waals surface area contributed by atoms with Gasteiger partial charge in [-0.25, -0.2) is 9.97 Å². The summed E-state index contributed by atoms with van der Waals surface area (Å²) in [7, 11) is 0. The lowest BCUT2D eigenvalue weighted by molar-refractivity contribution is 0.256. The number of nitrogens with zero attached hydrogens (tertiary/aromatic N) is 2. The summed E-state index contributed by atoms with van der Waals surface area (Å²) in [5, 5.41) is 0. The van der Waals surface area contributed by atoms with Crippen molar-refractivity contribution in [3.63, 3.8) is 0 Å². The summed E-state index contributed by atoms with van der Waals surface area (Å²) >= 11 is 0. The fraction of sp³-hybridized carbons (Fsp3) is 0.484. The average molecular weight is 475 g/mol. The van der Waals surface area contributed by atoms with E-state index in [9.17, 15) is 0 Å². The number of hydrogen-bond donors (Lipinski definition) is 0. The van der Waals surface area contributed by atoms with E-state index < -0.39 is 0 Å². The standard InChI is InChI=1S/C31H42N2O2/c1-4-6-7-8-9-10-11-12-27-21-32-31(33-22-27)28-15-19-30(20-16-28)35-24-26-13-17-29(18-14-26)34-23-25(3)5-2/h13-22,25H,4-12,23-24H2,1-3H3. The van der Waals surface area contributed by atoms with Gasteiger partial charge in [0.1, 0.15) is 18.1 Å². The molecule has 188 valence electrons. The second-order valence-corrected chi connectivity index (χ2v) is 9.57. The second-order valence-electron chi connectivity index (χ2n) is 9.57. The van der Waals surface area contributed by atoms with E-state index in [1.165, 1.54) is 50.5 Å². The number of aromatic nitrogens is 2. The molecule has 0 radical (unpaired) electrons. The fourth-order valence-corrected chi connectivity index (χ4v) is 3.82. The minimum Gasteiger partial charge on any atom is -0.493 e. The van der Waals surface area contributed by atoms with Crippen molar-refractivity contribution in [2.45, 2.75) is 85.2 Å². The van der Waals surface area contributed by atoms with E-state index in [2.05, 4.69) is 42.9 Å². The van der Waals surface area contributed by atoms with Gasteiger partial charge in [-0.15, -0.1) is 0 Å². The maximum absolute atomic E-state index is 5.96. The quantitative estimate of drug-likeness (QED) is 0.195. The Morgan fingerprint density at radius 2 is 1.29 bits per heavy atom. The number of hydrogen-bond acceptors (Lipinski definition) is 4. The maximum atomic E-state index is 5.96. The van der Waals surface area contributed by atoms with E-state index in [0.717, 1.165) is 47.9 Å². The molecule has 0 aliphatic rings. The van der Waals surface area contributed by atoms with E-state index in [4.69, 9.17) is 9.47 Å². The Balaban J connectivity index is 1.41. The summed E-state index contributed by atoms with van der Waals surface area (Å²) in [6.07, 6.45) is 15.4. The molecular formula is C31H42N2O2. The van der Waals surface area contributed by atoms with Crippen LogP contribution < -0.4 is 9.47 Å². The van der Waals surface area contributed by atoms with E-state index in [1.807, 2.05) is 48.8 Å². The highest BCUT2D eigenvalue weighted by atomic mass is 16.5. The number of rotatable bonds is 16. The molecule has 1 heterocycles. The van der Waals surface area contributed by atoms with Gasteiger partial charge in [-0.3, -0.25) is 0 Å². The van der Waals surface area contributed by atoms with Gasteiger partial charge in [0.15, 0.2) is 5.82 Å². The van der Waals surface area contributed by atoms with Gasteiger partial charge >= 0.3 is 0 Å². The molecule has 3 rings (SSSR count). The average Bonchev–Trinajstić information content (AvgIpc) is 2.91. The van der Waals surface area contributed by atoms with Gasteiger partial charge in [-0.05, 0) is 66.3 Å². The van der Waals surface area contributed by atoms with E-state index in [-0.39, 0.29) is 0 Å². The Morgan fingerprint density at radius 3 is 1.94 bits per heavy atom. The van der Waals surface area contributed by atoms with E-state index in [0.29, 0.717) is 12.5 Å². The van der Waals surface area contributed by atoms with Crippen LogP contribution in [-0.4, -0.2) is 16.6 Å². The highest BCUT2D eigenvalue weighted by molar-refractivity contribution is 5.55. The molecule has 1 aromatic heterocycles. The van der Waals surface area contributed by atoms with Crippen molar-refractivity contribution in [2.24, 2.45) is 5.92 Å². The lowest BCUT2D eigenvalue weighted by Crippen LogP contribution is -2.07. The third-order valence-electron chi connectivity index (χ3n) is 6.45. The molecule has 4 heteroatoms. The molecule has 0 saturated heterocycles. The molecule has 3 aromatic rings. The summed E-state index contributed by atoms with van der Waals surface area (Å²) in [6.45, 7) is 7.92. The lowest BCUT2D eigenvalue weighted by atomic mass is 10.1. The predicted octanol–water partition coefficient (Wildman–Crippen LogP) is 8.44. The second kappa shape index (κ2) is 15.2. The van der Waals surface area contributed by atoms with Gasteiger partial charge in [0.2, 0.25) is 0 Å². The van der Waals surface area contributed by atoms with Crippen molar-refractivity contribution in [3.05, 3.63) is 72.1 Å².